The van der Waals surface area contributed by atoms with Crippen molar-refractivity contribution in [1.29, 1.82) is 0 Å². The number of ether oxygens (including phenoxy) is 1. The molecule has 0 aliphatic rings. The van der Waals surface area contributed by atoms with Crippen molar-refractivity contribution in [3.63, 3.8) is 0 Å². The van der Waals surface area contributed by atoms with Crippen molar-refractivity contribution in [3.05, 3.63) is 12.2 Å². The highest BCUT2D eigenvalue weighted by atomic mass is 16.5. The third-order valence-corrected chi connectivity index (χ3v) is 4.07. The van der Waals surface area contributed by atoms with E-state index in [1.807, 2.05) is 0 Å². The van der Waals surface area contributed by atoms with Crippen LogP contribution in [0.4, 0.5) is 0 Å². The van der Waals surface area contributed by atoms with E-state index in [2.05, 4.69) is 32.9 Å². The molecule has 0 saturated carbocycles. The van der Waals surface area contributed by atoms with Gasteiger partial charge in [0.25, 0.3) is 0 Å². The predicted octanol–water partition coefficient (Wildman–Crippen LogP) is 7.06. The van der Waals surface area contributed by atoms with Gasteiger partial charge in [-0.3, -0.25) is 0 Å². The maximum atomic E-state index is 5.54. The molecule has 1 nitrogen and oxygen atoms in total. The van der Waals surface area contributed by atoms with Gasteiger partial charge in [0.15, 0.2) is 0 Å². The fourth-order valence-corrected chi connectivity index (χ4v) is 2.69. The van der Waals surface area contributed by atoms with E-state index in [1.54, 1.807) is 0 Å². The molecule has 0 fully saturated rings. The summed E-state index contributed by atoms with van der Waals surface area (Å²) in [6.07, 6.45) is 22.9. The second kappa shape index (κ2) is 17.8. The zero-order chi connectivity index (χ0) is 15.6. The zero-order valence-corrected chi connectivity index (χ0v) is 15.0. The van der Waals surface area contributed by atoms with Crippen molar-refractivity contribution in [2.75, 3.05) is 6.61 Å². The van der Waals surface area contributed by atoms with Crippen LogP contribution in [0.15, 0.2) is 12.2 Å². The average molecular weight is 297 g/mol. The summed E-state index contributed by atoms with van der Waals surface area (Å²) in [5.41, 5.74) is 0. The number of allylic oxidation sites excluding steroid dienone is 2. The quantitative estimate of drug-likeness (QED) is 0.219. The Balaban J connectivity index is 3.11. The van der Waals surface area contributed by atoms with Crippen LogP contribution in [0.25, 0.3) is 0 Å². The lowest BCUT2D eigenvalue weighted by atomic mass is 10.1. The van der Waals surface area contributed by atoms with Crippen LogP contribution in [0.1, 0.15) is 104 Å². The summed E-state index contributed by atoms with van der Waals surface area (Å²) in [7, 11) is 0. The highest BCUT2D eigenvalue weighted by Crippen LogP contribution is 2.10. The van der Waals surface area contributed by atoms with Crippen LogP contribution in [0, 0.1) is 0 Å². The molecular formula is C20H40O. The van der Waals surface area contributed by atoms with Crippen molar-refractivity contribution >= 4 is 0 Å². The van der Waals surface area contributed by atoms with E-state index >= 15 is 0 Å². The fourth-order valence-electron chi connectivity index (χ4n) is 2.69. The van der Waals surface area contributed by atoms with Gasteiger partial charge in [0.1, 0.15) is 0 Å². The summed E-state index contributed by atoms with van der Waals surface area (Å²) in [6.45, 7) is 7.40. The van der Waals surface area contributed by atoms with Crippen LogP contribution < -0.4 is 0 Å². The molecule has 0 bridgehead atoms. The maximum absolute atomic E-state index is 5.54. The number of rotatable bonds is 16. The summed E-state index contributed by atoms with van der Waals surface area (Å²) in [6, 6.07) is 0. The van der Waals surface area contributed by atoms with Crippen molar-refractivity contribution in [3.8, 4) is 0 Å². The normalized spacial score (nSPS) is 13.1. The molecule has 0 N–H and O–H groups in total. The van der Waals surface area contributed by atoms with Gasteiger partial charge in [0.2, 0.25) is 0 Å². The minimum absolute atomic E-state index is 0.451. The van der Waals surface area contributed by atoms with E-state index in [4.69, 9.17) is 4.74 Å². The Morgan fingerprint density at radius 1 is 0.714 bits per heavy atom. The summed E-state index contributed by atoms with van der Waals surface area (Å²) in [5.74, 6) is 0. The molecule has 0 aliphatic carbocycles. The Bertz CT molecular complexity index is 210. The first-order chi connectivity index (χ1) is 10.3. The molecule has 0 spiro atoms. The van der Waals surface area contributed by atoms with Gasteiger partial charge < -0.3 is 4.74 Å². The van der Waals surface area contributed by atoms with Crippen LogP contribution >= 0.6 is 0 Å². The first-order valence-electron chi connectivity index (χ1n) is 9.57. The monoisotopic (exact) mass is 296 g/mol. The van der Waals surface area contributed by atoms with Crippen molar-refractivity contribution < 1.29 is 4.74 Å². The van der Waals surface area contributed by atoms with Gasteiger partial charge in [-0.2, -0.15) is 0 Å². The van der Waals surface area contributed by atoms with Crippen LogP contribution in [0.5, 0.6) is 0 Å². The molecule has 0 radical (unpaired) electrons. The lowest BCUT2D eigenvalue weighted by Crippen LogP contribution is -2.07. The number of hydrogen-bond donors (Lipinski definition) is 0. The second-order valence-electron chi connectivity index (χ2n) is 6.29. The summed E-state index contributed by atoms with van der Waals surface area (Å²) < 4.78 is 5.54. The van der Waals surface area contributed by atoms with E-state index in [0.29, 0.717) is 6.10 Å². The summed E-state index contributed by atoms with van der Waals surface area (Å²) in [4.78, 5) is 0. The molecule has 0 aromatic heterocycles. The zero-order valence-electron chi connectivity index (χ0n) is 15.0. The van der Waals surface area contributed by atoms with Crippen molar-refractivity contribution in [2.45, 2.75) is 110 Å². The van der Waals surface area contributed by atoms with Crippen molar-refractivity contribution in [1.82, 2.24) is 0 Å². The Morgan fingerprint density at radius 3 is 1.81 bits per heavy atom. The minimum atomic E-state index is 0.451. The Labute approximate surface area is 134 Å². The van der Waals surface area contributed by atoms with Crippen LogP contribution in [0.2, 0.25) is 0 Å². The number of hydrogen-bond acceptors (Lipinski definition) is 1. The lowest BCUT2D eigenvalue weighted by Gasteiger charge is -2.10. The standard InChI is InChI=1S/C20H40O/c1-4-6-7-8-9-10-11-12-13-14-15-16-17-18-19-20(3)21-5-2/h12-13,20H,4-11,14-19H2,1-3H3/b13-12-. The molecule has 0 amide bonds. The third-order valence-electron chi connectivity index (χ3n) is 4.07. The fraction of sp³-hybridized carbons (Fsp3) is 0.900. The SMILES string of the molecule is CCCCCCCC/C=C\CCCCCCC(C)OCC. The van der Waals surface area contributed by atoms with E-state index in [9.17, 15) is 0 Å². The highest BCUT2D eigenvalue weighted by molar-refractivity contribution is 4.81. The average Bonchev–Trinajstić information content (AvgIpc) is 2.48. The van der Waals surface area contributed by atoms with Gasteiger partial charge in [-0.1, -0.05) is 70.4 Å². The van der Waals surface area contributed by atoms with E-state index in [0.717, 1.165) is 6.61 Å². The van der Waals surface area contributed by atoms with Gasteiger partial charge in [-0.05, 0) is 46.0 Å². The minimum Gasteiger partial charge on any atom is -0.379 e. The van der Waals surface area contributed by atoms with Crippen molar-refractivity contribution in [2.24, 2.45) is 0 Å². The molecule has 0 aliphatic heterocycles. The molecule has 1 unspecified atom stereocenters. The predicted molar refractivity (Wildman–Crippen MR) is 95.9 cm³/mol. The van der Waals surface area contributed by atoms with Gasteiger partial charge in [-0.25, -0.2) is 0 Å². The highest BCUT2D eigenvalue weighted by Gasteiger charge is 1.99. The smallest absolute Gasteiger partial charge is 0.0546 e. The maximum Gasteiger partial charge on any atom is 0.0546 e. The lowest BCUT2D eigenvalue weighted by molar-refractivity contribution is 0.0684. The molecule has 1 atom stereocenters. The van der Waals surface area contributed by atoms with E-state index < -0.39 is 0 Å². The Hall–Kier alpha value is -0.300. The topological polar surface area (TPSA) is 9.23 Å². The molecule has 0 aromatic rings. The molecule has 126 valence electrons. The molecule has 0 rings (SSSR count). The van der Waals surface area contributed by atoms with Gasteiger partial charge in [0.05, 0.1) is 6.10 Å². The molecule has 1 heteroatoms. The van der Waals surface area contributed by atoms with Gasteiger partial charge in [-0.15, -0.1) is 0 Å². The summed E-state index contributed by atoms with van der Waals surface area (Å²) >= 11 is 0. The van der Waals surface area contributed by atoms with Gasteiger partial charge >= 0.3 is 0 Å². The van der Waals surface area contributed by atoms with Crippen LogP contribution in [-0.2, 0) is 4.74 Å². The Kier molecular flexibility index (Phi) is 17.5. The van der Waals surface area contributed by atoms with Crippen LogP contribution in [0.3, 0.4) is 0 Å². The third kappa shape index (κ3) is 17.6. The Morgan fingerprint density at radius 2 is 1.24 bits per heavy atom. The first kappa shape index (κ1) is 20.7. The first-order valence-corrected chi connectivity index (χ1v) is 9.57. The molecule has 0 saturated heterocycles. The molecule has 0 aromatic carbocycles. The molecule has 21 heavy (non-hydrogen) atoms. The van der Waals surface area contributed by atoms with Crippen LogP contribution in [-0.4, -0.2) is 12.7 Å². The second-order valence-corrected chi connectivity index (χ2v) is 6.29. The molecule has 0 heterocycles. The van der Waals surface area contributed by atoms with Gasteiger partial charge in [0, 0.05) is 6.61 Å². The van der Waals surface area contributed by atoms with E-state index in [-0.39, 0.29) is 0 Å². The number of unbranched alkanes of at least 4 members (excludes halogenated alkanes) is 10. The van der Waals surface area contributed by atoms with E-state index in [1.165, 1.54) is 83.5 Å². The molecular weight excluding hydrogens is 256 g/mol. The largest absolute Gasteiger partial charge is 0.379 e. The summed E-state index contributed by atoms with van der Waals surface area (Å²) in [5, 5.41) is 0.